The summed E-state index contributed by atoms with van der Waals surface area (Å²) in [6.07, 6.45) is -0.668. The number of ketones is 1. The van der Waals surface area contributed by atoms with E-state index in [0.717, 1.165) is 31.2 Å². The van der Waals surface area contributed by atoms with Gasteiger partial charge in [-0.2, -0.15) is 21.6 Å². The summed E-state index contributed by atoms with van der Waals surface area (Å²) in [5.41, 5.74) is 10.2. The number of nitrogens with zero attached hydrogens (tertiary/aromatic N) is 3. The van der Waals surface area contributed by atoms with Gasteiger partial charge in [0.15, 0.2) is 12.4 Å². The fourth-order valence-corrected chi connectivity index (χ4v) is 6.57. The molecular formula is C20H22F3N3O5S. The van der Waals surface area contributed by atoms with E-state index in [0.29, 0.717) is 24.2 Å². The molecule has 2 saturated carbocycles. The van der Waals surface area contributed by atoms with E-state index >= 15 is 0 Å². The Bertz CT molecular complexity index is 1100. The smallest absolute Gasteiger partial charge is 0.361 e. The third-order valence-electron chi connectivity index (χ3n) is 7.26. The fraction of sp³-hybridized carbons (Fsp3) is 0.650. The van der Waals surface area contributed by atoms with Crippen LogP contribution in [-0.2, 0) is 25.8 Å². The van der Waals surface area contributed by atoms with E-state index in [4.69, 9.17) is 9.71 Å². The molecule has 2 fully saturated rings. The van der Waals surface area contributed by atoms with Gasteiger partial charge in [0.2, 0.25) is 0 Å². The van der Waals surface area contributed by atoms with Crippen LogP contribution in [0.4, 0.5) is 18.9 Å². The Hall–Kier alpha value is -2.30. The summed E-state index contributed by atoms with van der Waals surface area (Å²) in [5, 5.41) is 3.60. The molecule has 32 heavy (non-hydrogen) atoms. The Balaban J connectivity index is 1.65. The van der Waals surface area contributed by atoms with E-state index in [1.54, 1.807) is 6.07 Å². The maximum Gasteiger partial charge on any atom is 0.449 e. The van der Waals surface area contributed by atoms with Crippen LogP contribution in [0.2, 0.25) is 0 Å². The molecule has 0 amide bonds. The van der Waals surface area contributed by atoms with Crippen LogP contribution in [0.5, 0.6) is 5.75 Å². The zero-order chi connectivity index (χ0) is 23.3. The number of Topliss-reactive ketones (excluding diaryl/α,β-unsaturated/α-hetero) is 1. The summed E-state index contributed by atoms with van der Waals surface area (Å²) in [6.45, 7) is 0.0205. The van der Waals surface area contributed by atoms with Crippen molar-refractivity contribution in [3.05, 3.63) is 33.7 Å². The van der Waals surface area contributed by atoms with E-state index in [2.05, 4.69) is 14.2 Å². The average molecular weight is 473 g/mol. The Morgan fingerprint density at radius 2 is 2.00 bits per heavy atom. The SMILES string of the molecule is C[C@]12CC[C@@H]3c4ccc(OS(=O)(=O)OCC(F)(F)F)c(N=[N+]=[N-])c4CC[C@H]3[C@@H]1CCC2=O. The number of carbonyl (C=O) groups is 1. The van der Waals surface area contributed by atoms with Gasteiger partial charge < -0.3 is 4.18 Å². The lowest BCUT2D eigenvalue weighted by molar-refractivity contribution is -0.153. The summed E-state index contributed by atoms with van der Waals surface area (Å²) in [4.78, 5) is 15.2. The number of azide groups is 1. The van der Waals surface area contributed by atoms with Gasteiger partial charge in [0.25, 0.3) is 0 Å². The molecule has 4 atom stereocenters. The third kappa shape index (κ3) is 4.06. The number of rotatable bonds is 5. The van der Waals surface area contributed by atoms with Gasteiger partial charge in [-0.15, -0.1) is 0 Å². The summed E-state index contributed by atoms with van der Waals surface area (Å²) >= 11 is 0. The van der Waals surface area contributed by atoms with Crippen molar-refractivity contribution in [1.29, 1.82) is 0 Å². The molecular weight excluding hydrogens is 451 g/mol. The molecule has 0 heterocycles. The van der Waals surface area contributed by atoms with E-state index in [9.17, 15) is 26.4 Å². The van der Waals surface area contributed by atoms with Gasteiger partial charge in [-0.25, -0.2) is 4.18 Å². The number of fused-ring (bicyclic) bond motifs is 5. The molecule has 0 aliphatic heterocycles. The summed E-state index contributed by atoms with van der Waals surface area (Å²) in [6, 6.07) is 2.96. The monoisotopic (exact) mass is 473 g/mol. The molecule has 1 aromatic carbocycles. The van der Waals surface area contributed by atoms with Crippen molar-refractivity contribution < 1.29 is 34.7 Å². The molecule has 0 bridgehead atoms. The minimum Gasteiger partial charge on any atom is -0.361 e. The number of hydrogen-bond acceptors (Lipinski definition) is 6. The van der Waals surface area contributed by atoms with Gasteiger partial charge in [-0.3, -0.25) is 4.79 Å². The second-order valence-corrected chi connectivity index (χ2v) is 10.1. The van der Waals surface area contributed by atoms with Crippen molar-refractivity contribution >= 4 is 21.9 Å². The highest BCUT2D eigenvalue weighted by Gasteiger charge is 2.54. The predicted molar refractivity (Wildman–Crippen MR) is 106 cm³/mol. The molecule has 0 spiro atoms. The molecule has 12 heteroatoms. The van der Waals surface area contributed by atoms with Gasteiger partial charge in [0.05, 0.1) is 5.69 Å². The van der Waals surface area contributed by atoms with Crippen LogP contribution in [0.3, 0.4) is 0 Å². The number of halogens is 3. The van der Waals surface area contributed by atoms with E-state index < -0.39 is 23.2 Å². The van der Waals surface area contributed by atoms with Crippen molar-refractivity contribution in [2.75, 3.05) is 6.61 Å². The first-order chi connectivity index (χ1) is 15.0. The normalized spacial score (nSPS) is 29.5. The van der Waals surface area contributed by atoms with Crippen molar-refractivity contribution in [3.8, 4) is 5.75 Å². The molecule has 8 nitrogen and oxygen atoms in total. The molecule has 4 rings (SSSR count). The van der Waals surface area contributed by atoms with Gasteiger partial charge in [-0.1, -0.05) is 18.1 Å². The summed E-state index contributed by atoms with van der Waals surface area (Å²) in [7, 11) is -5.03. The molecule has 0 aromatic heterocycles. The van der Waals surface area contributed by atoms with Crippen LogP contribution < -0.4 is 4.18 Å². The van der Waals surface area contributed by atoms with Crippen LogP contribution in [0.25, 0.3) is 10.4 Å². The van der Waals surface area contributed by atoms with E-state index in [1.165, 1.54) is 6.07 Å². The van der Waals surface area contributed by atoms with Crippen LogP contribution >= 0.6 is 0 Å². The van der Waals surface area contributed by atoms with Gasteiger partial charge in [0.1, 0.15) is 5.78 Å². The first-order valence-electron chi connectivity index (χ1n) is 10.3. The standard InChI is InChI=1S/C20H22F3N3O5S/c1-19-9-8-12-11-4-6-16(31-32(28,29)30-10-20(21,22)23)18(25-26-24)14(11)3-2-13(12)15(19)5-7-17(19)27/h4,6,12-13,15H,2-3,5,7-10H2,1H3/t12-,13-,15+,19+/m1/s1. The highest BCUT2D eigenvalue weighted by atomic mass is 32.3. The topological polar surface area (TPSA) is 118 Å². The molecule has 0 radical (unpaired) electrons. The van der Waals surface area contributed by atoms with Crippen molar-refractivity contribution in [3.63, 3.8) is 0 Å². The Kier molecular flexibility index (Phi) is 5.67. The Morgan fingerprint density at radius 3 is 2.69 bits per heavy atom. The maximum absolute atomic E-state index is 12.5. The van der Waals surface area contributed by atoms with Crippen molar-refractivity contribution in [2.24, 2.45) is 22.4 Å². The quantitative estimate of drug-likeness (QED) is 0.328. The Morgan fingerprint density at radius 1 is 1.25 bits per heavy atom. The molecule has 174 valence electrons. The first-order valence-corrected chi connectivity index (χ1v) is 11.7. The van der Waals surface area contributed by atoms with E-state index in [1.807, 2.05) is 6.92 Å². The molecule has 0 N–H and O–H groups in total. The molecule has 0 unspecified atom stereocenters. The molecule has 0 saturated heterocycles. The third-order valence-corrected chi connectivity index (χ3v) is 8.05. The van der Waals surface area contributed by atoms with Crippen molar-refractivity contribution in [2.45, 2.75) is 57.5 Å². The van der Waals surface area contributed by atoms with Gasteiger partial charge in [-0.05, 0) is 72.6 Å². The van der Waals surface area contributed by atoms with Crippen LogP contribution in [0.15, 0.2) is 17.2 Å². The van der Waals surface area contributed by atoms with E-state index in [-0.39, 0.29) is 34.6 Å². The van der Waals surface area contributed by atoms with Crippen LogP contribution in [-0.4, -0.2) is 27.0 Å². The van der Waals surface area contributed by atoms with Crippen LogP contribution in [0.1, 0.15) is 56.1 Å². The Labute approximate surface area is 183 Å². The fourth-order valence-electron chi connectivity index (χ4n) is 5.89. The molecule has 3 aliphatic rings. The zero-order valence-electron chi connectivity index (χ0n) is 17.3. The average Bonchev–Trinajstić information content (AvgIpc) is 3.02. The number of benzene rings is 1. The first kappa shape index (κ1) is 22.9. The minimum atomic E-state index is -5.03. The summed E-state index contributed by atoms with van der Waals surface area (Å²) < 4.78 is 69.3. The lowest BCUT2D eigenvalue weighted by Crippen LogP contribution is -2.42. The van der Waals surface area contributed by atoms with Crippen LogP contribution in [0, 0.1) is 17.3 Å². The zero-order valence-corrected chi connectivity index (χ0v) is 18.1. The molecule has 1 aromatic rings. The molecule has 3 aliphatic carbocycles. The van der Waals surface area contributed by atoms with Gasteiger partial charge >= 0.3 is 16.6 Å². The number of carbonyl (C=O) groups excluding carboxylic acids is 1. The highest BCUT2D eigenvalue weighted by molar-refractivity contribution is 7.82. The maximum atomic E-state index is 12.5. The lowest BCUT2D eigenvalue weighted by atomic mass is 9.55. The highest BCUT2D eigenvalue weighted by Crippen LogP contribution is 2.60. The van der Waals surface area contributed by atoms with Gasteiger partial charge in [0, 0.05) is 16.7 Å². The number of hydrogen-bond donors (Lipinski definition) is 0. The second-order valence-electron chi connectivity index (χ2n) is 8.87. The predicted octanol–water partition coefficient (Wildman–Crippen LogP) is 5.26. The summed E-state index contributed by atoms with van der Waals surface area (Å²) in [5.74, 6) is 0.629. The largest absolute Gasteiger partial charge is 0.449 e. The second kappa shape index (κ2) is 7.93. The minimum absolute atomic E-state index is 0.0570. The number of alkyl halides is 3. The lowest BCUT2D eigenvalue weighted by Gasteiger charge is -2.48. The van der Waals surface area contributed by atoms with Crippen molar-refractivity contribution in [1.82, 2.24) is 0 Å².